The Balaban J connectivity index is 1.78. The number of rotatable bonds is 3. The summed E-state index contributed by atoms with van der Waals surface area (Å²) < 4.78 is 13.5. The molecular weight excluding hydrogens is 369 g/mol. The fourth-order valence-corrected chi connectivity index (χ4v) is 4.07. The van der Waals surface area contributed by atoms with Crippen LogP contribution in [-0.2, 0) is 9.59 Å². The van der Waals surface area contributed by atoms with Gasteiger partial charge in [0.15, 0.2) is 5.78 Å². The van der Waals surface area contributed by atoms with E-state index in [-0.39, 0.29) is 17.5 Å². The highest BCUT2D eigenvalue weighted by atomic mass is 19.1. The molecule has 0 fully saturated rings. The molecule has 0 saturated carbocycles. The summed E-state index contributed by atoms with van der Waals surface area (Å²) in [5, 5.41) is 6.12. The molecule has 0 saturated heterocycles. The van der Waals surface area contributed by atoms with Crippen LogP contribution in [0.25, 0.3) is 0 Å². The average Bonchev–Trinajstić information content (AvgIpc) is 2.67. The number of pyridine rings is 1. The molecular formula is C23H22FN3O2. The van der Waals surface area contributed by atoms with Crippen molar-refractivity contribution in [1.29, 1.82) is 0 Å². The number of nitrogens with zero attached hydrogens (tertiary/aromatic N) is 1. The molecule has 1 atom stereocenters. The van der Waals surface area contributed by atoms with E-state index in [0.29, 0.717) is 29.1 Å². The summed E-state index contributed by atoms with van der Waals surface area (Å²) in [5.41, 5.74) is 4.12. The minimum Gasteiger partial charge on any atom is -0.362 e. The first-order chi connectivity index (χ1) is 13.9. The summed E-state index contributed by atoms with van der Waals surface area (Å²) in [6.07, 6.45) is 1.98. The van der Waals surface area contributed by atoms with Crippen molar-refractivity contribution in [2.75, 3.05) is 5.32 Å². The normalized spacial score (nSPS) is 19.0. The average molecular weight is 391 g/mol. The van der Waals surface area contributed by atoms with Gasteiger partial charge in [-0.1, -0.05) is 18.2 Å². The van der Waals surface area contributed by atoms with E-state index in [2.05, 4.69) is 15.6 Å². The van der Waals surface area contributed by atoms with Crippen LogP contribution in [0.5, 0.6) is 0 Å². The first-order valence-corrected chi connectivity index (χ1v) is 9.68. The molecule has 1 amide bonds. The number of halogens is 1. The highest BCUT2D eigenvalue weighted by Crippen LogP contribution is 2.42. The lowest BCUT2D eigenvalue weighted by molar-refractivity contribution is -0.116. The van der Waals surface area contributed by atoms with Crippen LogP contribution in [0.1, 0.15) is 43.4 Å². The molecule has 1 aliphatic heterocycles. The van der Waals surface area contributed by atoms with Crippen LogP contribution in [0.4, 0.5) is 10.2 Å². The molecule has 1 aromatic heterocycles. The third-order valence-electron chi connectivity index (χ3n) is 5.35. The Morgan fingerprint density at radius 3 is 2.62 bits per heavy atom. The lowest BCUT2D eigenvalue weighted by Gasteiger charge is -2.34. The number of nitrogens with one attached hydrogen (secondary N) is 2. The molecule has 4 rings (SSSR count). The summed E-state index contributed by atoms with van der Waals surface area (Å²) in [6, 6.07) is 11.4. The fourth-order valence-electron chi connectivity index (χ4n) is 4.07. The molecule has 1 aliphatic carbocycles. The topological polar surface area (TPSA) is 71.1 Å². The van der Waals surface area contributed by atoms with Crippen LogP contribution in [0.2, 0.25) is 0 Å². The number of carbonyl (C=O) groups is 2. The van der Waals surface area contributed by atoms with Crippen molar-refractivity contribution in [3.8, 4) is 0 Å². The molecule has 1 aromatic carbocycles. The molecule has 2 aromatic rings. The Morgan fingerprint density at radius 1 is 1.14 bits per heavy atom. The number of carbonyl (C=O) groups excluding carboxylic acids is 2. The van der Waals surface area contributed by atoms with E-state index in [0.717, 1.165) is 29.8 Å². The number of ketones is 1. The van der Waals surface area contributed by atoms with Crippen LogP contribution in [0, 0.1) is 12.7 Å². The van der Waals surface area contributed by atoms with Gasteiger partial charge in [0.1, 0.15) is 11.6 Å². The monoisotopic (exact) mass is 391 g/mol. The number of hydrogen-bond donors (Lipinski definition) is 2. The van der Waals surface area contributed by atoms with Crippen molar-refractivity contribution < 1.29 is 14.0 Å². The highest BCUT2D eigenvalue weighted by molar-refractivity contribution is 6.09. The van der Waals surface area contributed by atoms with E-state index in [1.165, 1.54) is 12.1 Å². The molecule has 5 nitrogen and oxygen atoms in total. The molecule has 6 heteroatoms. The number of Topliss-reactive ketones (excluding diaryl/α,β-unsaturated/α-hetero) is 1. The Bertz CT molecular complexity index is 1050. The van der Waals surface area contributed by atoms with Gasteiger partial charge in [0.2, 0.25) is 0 Å². The van der Waals surface area contributed by atoms with Crippen molar-refractivity contribution in [3.63, 3.8) is 0 Å². The quantitative estimate of drug-likeness (QED) is 0.825. The van der Waals surface area contributed by atoms with Gasteiger partial charge in [-0.2, -0.15) is 0 Å². The summed E-state index contributed by atoms with van der Waals surface area (Å²) in [5.74, 6) is -0.748. The van der Waals surface area contributed by atoms with Crippen LogP contribution in [0.15, 0.2) is 65.0 Å². The molecule has 1 unspecified atom stereocenters. The second-order valence-corrected chi connectivity index (χ2v) is 7.44. The van der Waals surface area contributed by atoms with E-state index >= 15 is 0 Å². The van der Waals surface area contributed by atoms with Crippen LogP contribution < -0.4 is 10.6 Å². The van der Waals surface area contributed by atoms with Crippen LogP contribution in [-0.4, -0.2) is 16.7 Å². The van der Waals surface area contributed by atoms with Crippen molar-refractivity contribution in [1.82, 2.24) is 10.3 Å². The summed E-state index contributed by atoms with van der Waals surface area (Å²) in [4.78, 5) is 30.4. The lowest BCUT2D eigenvalue weighted by atomic mass is 9.75. The largest absolute Gasteiger partial charge is 0.362 e. The number of allylic oxidation sites excluding steroid dienone is 3. The first kappa shape index (κ1) is 19.1. The molecule has 2 N–H and O–H groups in total. The molecule has 0 spiro atoms. The maximum atomic E-state index is 13.5. The van der Waals surface area contributed by atoms with Gasteiger partial charge in [0.05, 0.1) is 0 Å². The number of aryl methyl sites for hydroxylation is 1. The van der Waals surface area contributed by atoms with Gasteiger partial charge in [0, 0.05) is 40.6 Å². The summed E-state index contributed by atoms with van der Waals surface area (Å²) >= 11 is 0. The Hall–Kier alpha value is -3.28. The van der Waals surface area contributed by atoms with E-state index in [1.54, 1.807) is 18.2 Å². The zero-order valence-electron chi connectivity index (χ0n) is 16.4. The third-order valence-corrected chi connectivity index (χ3v) is 5.35. The standard InChI is InChI=1S/C23H22FN3O2/c1-13-5-3-8-19(25-13)27-23(29)20-14(2)26-17-6-4-7-18(28)22(17)21(20)15-9-11-16(24)12-10-15/h3,5,8-12,21,26H,4,6-7H2,1-2H3,(H,25,27,29). The van der Waals surface area contributed by atoms with E-state index in [4.69, 9.17) is 0 Å². The van der Waals surface area contributed by atoms with Gasteiger partial charge in [-0.15, -0.1) is 0 Å². The highest BCUT2D eigenvalue weighted by Gasteiger charge is 2.38. The van der Waals surface area contributed by atoms with E-state index in [1.807, 2.05) is 26.0 Å². The minimum atomic E-state index is -0.538. The van der Waals surface area contributed by atoms with Crippen LogP contribution in [0.3, 0.4) is 0 Å². The van der Waals surface area contributed by atoms with Crippen molar-refractivity contribution in [2.24, 2.45) is 0 Å². The predicted molar refractivity (Wildman–Crippen MR) is 108 cm³/mol. The zero-order chi connectivity index (χ0) is 20.5. The summed E-state index contributed by atoms with van der Waals surface area (Å²) in [7, 11) is 0. The molecule has 148 valence electrons. The predicted octanol–water partition coefficient (Wildman–Crippen LogP) is 4.14. The third kappa shape index (κ3) is 3.70. The molecule has 0 bridgehead atoms. The van der Waals surface area contributed by atoms with Crippen LogP contribution >= 0.6 is 0 Å². The number of amides is 1. The fraction of sp³-hybridized carbons (Fsp3) is 0.261. The SMILES string of the molecule is CC1=C(C(=O)Nc2cccc(C)n2)C(c2ccc(F)cc2)C2=C(CCCC2=O)N1. The number of hydrogen-bond acceptors (Lipinski definition) is 4. The first-order valence-electron chi connectivity index (χ1n) is 9.68. The minimum absolute atomic E-state index is 0.0274. The van der Waals surface area contributed by atoms with Crippen molar-refractivity contribution in [3.05, 3.63) is 82.1 Å². The molecule has 2 heterocycles. The van der Waals surface area contributed by atoms with E-state index < -0.39 is 5.92 Å². The lowest BCUT2D eigenvalue weighted by Crippen LogP contribution is -2.35. The Morgan fingerprint density at radius 2 is 1.90 bits per heavy atom. The summed E-state index contributed by atoms with van der Waals surface area (Å²) in [6.45, 7) is 3.68. The maximum Gasteiger partial charge on any atom is 0.255 e. The van der Waals surface area contributed by atoms with Crippen molar-refractivity contribution >= 4 is 17.5 Å². The van der Waals surface area contributed by atoms with Gasteiger partial charge >= 0.3 is 0 Å². The zero-order valence-corrected chi connectivity index (χ0v) is 16.4. The smallest absolute Gasteiger partial charge is 0.255 e. The number of aromatic nitrogens is 1. The Labute approximate surface area is 168 Å². The molecule has 29 heavy (non-hydrogen) atoms. The maximum absolute atomic E-state index is 13.5. The molecule has 0 radical (unpaired) electrons. The number of benzene rings is 1. The number of anilines is 1. The second kappa shape index (κ2) is 7.62. The molecule has 2 aliphatic rings. The number of dihydropyridines is 1. The van der Waals surface area contributed by atoms with Crippen molar-refractivity contribution in [2.45, 2.75) is 39.0 Å². The van der Waals surface area contributed by atoms with Gasteiger partial charge in [-0.3, -0.25) is 9.59 Å². The second-order valence-electron chi connectivity index (χ2n) is 7.44. The van der Waals surface area contributed by atoms with Gasteiger partial charge < -0.3 is 10.6 Å². The van der Waals surface area contributed by atoms with Gasteiger partial charge in [-0.05, 0) is 56.5 Å². The van der Waals surface area contributed by atoms with E-state index in [9.17, 15) is 14.0 Å². The Kier molecular flexibility index (Phi) is 5.01. The van der Waals surface area contributed by atoms with Gasteiger partial charge in [0.25, 0.3) is 5.91 Å². The van der Waals surface area contributed by atoms with Gasteiger partial charge in [-0.25, -0.2) is 9.37 Å².